The van der Waals surface area contributed by atoms with Gasteiger partial charge in [-0.2, -0.15) is 0 Å². The maximum Gasteiger partial charge on any atom is 0.306 e. The number of likely N-dealkylation sites (N-methyl/N-ethyl adjacent to an activating group) is 1. The van der Waals surface area contributed by atoms with Gasteiger partial charge in [-0.25, -0.2) is 0 Å². The van der Waals surface area contributed by atoms with Crippen LogP contribution in [0, 0.1) is 0 Å². The van der Waals surface area contributed by atoms with Crippen LogP contribution >= 0.6 is 0 Å². The van der Waals surface area contributed by atoms with Crippen LogP contribution in [-0.4, -0.2) is 61.6 Å². The van der Waals surface area contributed by atoms with Crippen LogP contribution in [0.1, 0.15) is 59.3 Å². The molecule has 1 aliphatic rings. The molecule has 1 aliphatic carbocycles. The van der Waals surface area contributed by atoms with Gasteiger partial charge in [-0.1, -0.05) is 0 Å². The number of esters is 1. The minimum atomic E-state index is -0.255. The molecule has 0 aliphatic heterocycles. The Bertz CT molecular complexity index is 465. The number of rotatable bonds is 7. The lowest BCUT2D eigenvalue weighted by atomic mass is 10.1. The third kappa shape index (κ3) is 9.31. The molecule has 0 aromatic carbocycles. The maximum absolute atomic E-state index is 12.0. The zero-order chi connectivity index (χ0) is 18.9. The van der Waals surface area contributed by atoms with E-state index in [1.54, 1.807) is 11.9 Å². The summed E-state index contributed by atoms with van der Waals surface area (Å²) in [7, 11) is 3.49. The van der Waals surface area contributed by atoms with E-state index in [-0.39, 0.29) is 30.1 Å². The Labute approximate surface area is 151 Å². The Hall–Kier alpha value is -1.79. The lowest BCUT2D eigenvalue weighted by Gasteiger charge is -2.25. The molecule has 144 valence electrons. The third-order valence-electron chi connectivity index (χ3n) is 3.91. The van der Waals surface area contributed by atoms with Crippen LogP contribution < -0.4 is 10.6 Å². The molecule has 2 N–H and O–H groups in total. The van der Waals surface area contributed by atoms with Crippen molar-refractivity contribution in [2.45, 2.75) is 70.9 Å². The summed E-state index contributed by atoms with van der Waals surface area (Å²) in [5.74, 6) is 0.452. The summed E-state index contributed by atoms with van der Waals surface area (Å²) in [5, 5.41) is 6.10. The van der Waals surface area contributed by atoms with Crippen molar-refractivity contribution in [2.24, 2.45) is 4.99 Å². The molecule has 7 nitrogen and oxygen atoms in total. The number of hydrogen-bond acceptors (Lipinski definition) is 4. The van der Waals surface area contributed by atoms with E-state index >= 15 is 0 Å². The van der Waals surface area contributed by atoms with Crippen molar-refractivity contribution in [1.82, 2.24) is 15.5 Å². The van der Waals surface area contributed by atoms with Crippen LogP contribution in [0.4, 0.5) is 0 Å². The molecule has 0 bridgehead atoms. The summed E-state index contributed by atoms with van der Waals surface area (Å²) in [6.07, 6.45) is 5.51. The molecule has 0 aromatic heterocycles. The number of ether oxygens (including phenoxy) is 1. The summed E-state index contributed by atoms with van der Waals surface area (Å²) in [4.78, 5) is 29.7. The first kappa shape index (κ1) is 21.3. The molecule has 7 heteroatoms. The number of guanidine groups is 1. The predicted molar refractivity (Wildman–Crippen MR) is 99.5 cm³/mol. The summed E-state index contributed by atoms with van der Waals surface area (Å²) in [6, 6.07) is 0. The number of hydrogen-bond donors (Lipinski definition) is 2. The van der Waals surface area contributed by atoms with Crippen molar-refractivity contribution in [2.75, 3.05) is 27.2 Å². The fraction of sp³-hybridized carbons (Fsp3) is 0.833. The van der Waals surface area contributed by atoms with Gasteiger partial charge in [-0.05, 0) is 52.9 Å². The van der Waals surface area contributed by atoms with Crippen molar-refractivity contribution in [3.05, 3.63) is 0 Å². The standard InChI is InChI=1S/C18H34N4O3/c1-18(2,3)21-15(23)13-22(5)17(19-4)20-12-8-11-16(24)25-14-9-6-7-10-14/h14H,6-13H2,1-5H3,(H,19,20)(H,21,23). The first-order valence-corrected chi connectivity index (χ1v) is 9.13. The van der Waals surface area contributed by atoms with Crippen LogP contribution in [0.2, 0.25) is 0 Å². The van der Waals surface area contributed by atoms with Crippen LogP contribution in [0.3, 0.4) is 0 Å². The van der Waals surface area contributed by atoms with Crippen molar-refractivity contribution in [1.29, 1.82) is 0 Å². The number of amides is 1. The van der Waals surface area contributed by atoms with E-state index in [1.165, 1.54) is 0 Å². The van der Waals surface area contributed by atoms with Gasteiger partial charge in [0.05, 0.1) is 6.54 Å². The number of aliphatic imine (C=N–C) groups is 1. The second kappa shape index (κ2) is 10.3. The second-order valence-electron chi connectivity index (χ2n) is 7.63. The normalized spacial score (nSPS) is 15.8. The van der Waals surface area contributed by atoms with Gasteiger partial charge >= 0.3 is 5.97 Å². The van der Waals surface area contributed by atoms with Crippen LogP contribution in [0.5, 0.6) is 0 Å². The molecule has 0 heterocycles. The van der Waals surface area contributed by atoms with Gasteiger partial charge in [-0.3, -0.25) is 14.6 Å². The molecular formula is C18H34N4O3. The molecule has 0 saturated heterocycles. The third-order valence-corrected chi connectivity index (χ3v) is 3.91. The monoisotopic (exact) mass is 354 g/mol. The molecule has 1 rings (SSSR count). The average Bonchev–Trinajstić information content (AvgIpc) is 2.97. The summed E-state index contributed by atoms with van der Waals surface area (Å²) in [5.41, 5.74) is -0.255. The molecule has 0 radical (unpaired) electrons. The Morgan fingerprint density at radius 1 is 1.24 bits per heavy atom. The minimum absolute atomic E-state index is 0.0573. The Balaban J connectivity index is 2.24. The van der Waals surface area contributed by atoms with E-state index in [9.17, 15) is 9.59 Å². The highest BCUT2D eigenvalue weighted by molar-refractivity contribution is 5.86. The van der Waals surface area contributed by atoms with Crippen LogP contribution in [-0.2, 0) is 14.3 Å². The summed E-state index contributed by atoms with van der Waals surface area (Å²) >= 11 is 0. The van der Waals surface area contributed by atoms with Gasteiger partial charge in [0, 0.05) is 32.6 Å². The van der Waals surface area contributed by atoms with Gasteiger partial charge in [-0.15, -0.1) is 0 Å². The van der Waals surface area contributed by atoms with Crippen molar-refractivity contribution in [3.63, 3.8) is 0 Å². The first-order chi connectivity index (χ1) is 11.7. The van der Waals surface area contributed by atoms with E-state index in [1.807, 2.05) is 27.8 Å². The molecule has 0 aromatic rings. The molecule has 1 amide bonds. The highest BCUT2D eigenvalue weighted by Gasteiger charge is 2.19. The average molecular weight is 354 g/mol. The maximum atomic E-state index is 12.0. The zero-order valence-corrected chi connectivity index (χ0v) is 16.4. The number of nitrogens with zero attached hydrogens (tertiary/aromatic N) is 2. The first-order valence-electron chi connectivity index (χ1n) is 9.13. The van der Waals surface area contributed by atoms with Crippen LogP contribution in [0.25, 0.3) is 0 Å². The van der Waals surface area contributed by atoms with Crippen molar-refractivity contribution < 1.29 is 14.3 Å². The molecule has 1 fully saturated rings. The Morgan fingerprint density at radius 3 is 2.44 bits per heavy atom. The molecule has 0 spiro atoms. The molecule has 0 unspecified atom stereocenters. The predicted octanol–water partition coefficient (Wildman–Crippen LogP) is 1.67. The topological polar surface area (TPSA) is 83.0 Å². The minimum Gasteiger partial charge on any atom is -0.462 e. The van der Waals surface area contributed by atoms with Crippen LogP contribution in [0.15, 0.2) is 4.99 Å². The SMILES string of the molecule is CN=C(NCCCC(=O)OC1CCCC1)N(C)CC(=O)NC(C)(C)C. The lowest BCUT2D eigenvalue weighted by molar-refractivity contribution is -0.148. The summed E-state index contributed by atoms with van der Waals surface area (Å²) in [6.45, 7) is 6.67. The number of nitrogens with one attached hydrogen (secondary N) is 2. The molecule has 25 heavy (non-hydrogen) atoms. The van der Waals surface area contributed by atoms with E-state index in [0.29, 0.717) is 25.3 Å². The van der Waals surface area contributed by atoms with Gasteiger partial charge in [0.15, 0.2) is 5.96 Å². The van der Waals surface area contributed by atoms with E-state index in [4.69, 9.17) is 4.74 Å². The van der Waals surface area contributed by atoms with Gasteiger partial charge in [0.1, 0.15) is 6.10 Å². The quantitative estimate of drug-likeness (QED) is 0.314. The molecule has 1 saturated carbocycles. The largest absolute Gasteiger partial charge is 0.462 e. The fourth-order valence-electron chi connectivity index (χ4n) is 2.82. The molecule has 0 atom stereocenters. The zero-order valence-electron chi connectivity index (χ0n) is 16.4. The van der Waals surface area contributed by atoms with Crippen molar-refractivity contribution >= 4 is 17.8 Å². The number of carbonyl (C=O) groups excluding carboxylic acids is 2. The number of carbonyl (C=O) groups is 2. The fourth-order valence-corrected chi connectivity index (χ4v) is 2.82. The Kier molecular flexibility index (Phi) is 8.72. The molecular weight excluding hydrogens is 320 g/mol. The van der Waals surface area contributed by atoms with Gasteiger partial charge in [0.25, 0.3) is 0 Å². The highest BCUT2D eigenvalue weighted by atomic mass is 16.5. The second-order valence-corrected chi connectivity index (χ2v) is 7.63. The van der Waals surface area contributed by atoms with Crippen molar-refractivity contribution in [3.8, 4) is 0 Å². The van der Waals surface area contributed by atoms with Gasteiger partial charge in [0.2, 0.25) is 5.91 Å². The Morgan fingerprint density at radius 2 is 1.88 bits per heavy atom. The highest BCUT2D eigenvalue weighted by Crippen LogP contribution is 2.21. The van der Waals surface area contributed by atoms with E-state index in [2.05, 4.69) is 15.6 Å². The van der Waals surface area contributed by atoms with E-state index in [0.717, 1.165) is 25.7 Å². The van der Waals surface area contributed by atoms with E-state index < -0.39 is 0 Å². The smallest absolute Gasteiger partial charge is 0.306 e. The summed E-state index contributed by atoms with van der Waals surface area (Å²) < 4.78 is 5.43. The lowest BCUT2D eigenvalue weighted by Crippen LogP contribution is -2.48. The van der Waals surface area contributed by atoms with Gasteiger partial charge < -0.3 is 20.3 Å².